The van der Waals surface area contributed by atoms with Gasteiger partial charge < -0.3 is 15.2 Å². The molecule has 1 aromatic carbocycles. The van der Waals surface area contributed by atoms with Crippen LogP contribution in [0.2, 0.25) is 0 Å². The van der Waals surface area contributed by atoms with Gasteiger partial charge in [-0.1, -0.05) is 0 Å². The first kappa shape index (κ1) is 16.9. The lowest BCUT2D eigenvalue weighted by Crippen LogP contribution is -2.54. The van der Waals surface area contributed by atoms with Gasteiger partial charge in [-0.15, -0.1) is 0 Å². The number of nitrogens with two attached hydrogens (primary N) is 1. The Morgan fingerprint density at radius 1 is 1.41 bits per heavy atom. The number of sulfonamides is 1. The third-order valence-electron chi connectivity index (χ3n) is 3.45. The van der Waals surface area contributed by atoms with Crippen molar-refractivity contribution in [2.24, 2.45) is 5.73 Å². The van der Waals surface area contributed by atoms with Crippen LogP contribution in [-0.2, 0) is 14.8 Å². The van der Waals surface area contributed by atoms with Gasteiger partial charge >= 0.3 is 0 Å². The maximum Gasteiger partial charge on any atom is 0.243 e. The molecule has 0 spiro atoms. The third kappa shape index (κ3) is 3.64. The molecule has 0 radical (unpaired) electrons. The van der Waals surface area contributed by atoms with Crippen molar-refractivity contribution >= 4 is 10.0 Å². The molecule has 1 aromatic rings. The predicted octanol–water partition coefficient (Wildman–Crippen LogP) is 0.897. The Labute approximate surface area is 129 Å². The van der Waals surface area contributed by atoms with Crippen LogP contribution in [0.5, 0.6) is 5.75 Å². The summed E-state index contributed by atoms with van der Waals surface area (Å²) < 4.78 is 48.7. The zero-order valence-corrected chi connectivity index (χ0v) is 13.1. The maximum absolute atomic E-state index is 12.4. The van der Waals surface area contributed by atoms with Gasteiger partial charge in [0.25, 0.3) is 0 Å². The Morgan fingerprint density at radius 2 is 2.05 bits per heavy atom. The number of methoxy groups -OCH3 is 1. The first-order valence-electron chi connectivity index (χ1n) is 6.75. The second-order valence-corrected chi connectivity index (χ2v) is 6.85. The molecule has 0 bridgehead atoms. The second-order valence-electron chi connectivity index (χ2n) is 4.91. The van der Waals surface area contributed by atoms with E-state index in [0.29, 0.717) is 30.7 Å². The molecule has 2 rings (SSSR count). The molecular formula is C14H19FN2O4S. The first-order valence-corrected chi connectivity index (χ1v) is 8.19. The topological polar surface area (TPSA) is 81.9 Å². The average Bonchev–Trinajstić information content (AvgIpc) is 2.47. The van der Waals surface area contributed by atoms with E-state index in [1.54, 1.807) is 7.11 Å². The highest BCUT2D eigenvalue weighted by molar-refractivity contribution is 7.89. The minimum Gasteiger partial charge on any atom is -0.489 e. The number of benzene rings is 1. The summed E-state index contributed by atoms with van der Waals surface area (Å²) in [5, 5.41) is 0. The van der Waals surface area contributed by atoms with Gasteiger partial charge in [0.1, 0.15) is 12.4 Å². The van der Waals surface area contributed by atoms with E-state index in [4.69, 9.17) is 15.2 Å². The van der Waals surface area contributed by atoms with Gasteiger partial charge in [0.15, 0.2) is 0 Å². The highest BCUT2D eigenvalue weighted by Gasteiger charge is 2.36. The lowest BCUT2D eigenvalue weighted by Gasteiger charge is -2.36. The molecule has 1 saturated heterocycles. The number of ether oxygens (including phenoxy) is 2. The van der Waals surface area contributed by atoms with Crippen LogP contribution in [0.15, 0.2) is 41.1 Å². The van der Waals surface area contributed by atoms with Crippen LogP contribution < -0.4 is 10.5 Å². The van der Waals surface area contributed by atoms with E-state index < -0.39 is 10.0 Å². The highest BCUT2D eigenvalue weighted by atomic mass is 32.2. The van der Waals surface area contributed by atoms with Gasteiger partial charge in [0.05, 0.1) is 17.3 Å². The summed E-state index contributed by atoms with van der Waals surface area (Å²) in [6.45, 7) is 0.815. The van der Waals surface area contributed by atoms with Crippen molar-refractivity contribution in [2.75, 3.05) is 33.4 Å². The zero-order chi connectivity index (χ0) is 16.2. The van der Waals surface area contributed by atoms with Crippen molar-refractivity contribution in [1.29, 1.82) is 0 Å². The van der Waals surface area contributed by atoms with Gasteiger partial charge in [-0.2, -0.15) is 4.31 Å². The zero-order valence-electron chi connectivity index (χ0n) is 12.2. The molecule has 22 heavy (non-hydrogen) atoms. The fourth-order valence-electron chi connectivity index (χ4n) is 1.91. The molecule has 1 aliphatic rings. The molecule has 0 aliphatic carbocycles. The quantitative estimate of drug-likeness (QED) is 0.803. The van der Waals surface area contributed by atoms with E-state index in [2.05, 4.69) is 0 Å². The van der Waals surface area contributed by atoms with E-state index in [0.717, 1.165) is 0 Å². The van der Waals surface area contributed by atoms with E-state index in [1.807, 2.05) is 0 Å². The fraction of sp³-hybridized carbons (Fsp3) is 0.429. The first-order chi connectivity index (χ1) is 10.5. The van der Waals surface area contributed by atoms with Crippen molar-refractivity contribution < 1.29 is 22.3 Å². The molecule has 0 atom stereocenters. The third-order valence-corrected chi connectivity index (χ3v) is 5.30. The van der Waals surface area contributed by atoms with Gasteiger partial charge in [-0.3, -0.25) is 0 Å². The molecule has 0 saturated carbocycles. The van der Waals surface area contributed by atoms with Gasteiger partial charge in [-0.25, -0.2) is 12.8 Å². The van der Waals surface area contributed by atoms with Crippen LogP contribution in [0, 0.1) is 0 Å². The molecule has 1 fully saturated rings. The summed E-state index contributed by atoms with van der Waals surface area (Å²) in [4.78, 5) is 0.189. The SMILES string of the molecule is COC1CN(S(=O)(=O)c2ccc(OC/C(=C/F)CN)cc2)C1. The van der Waals surface area contributed by atoms with Crippen molar-refractivity contribution in [1.82, 2.24) is 4.31 Å². The van der Waals surface area contributed by atoms with E-state index in [-0.39, 0.29) is 24.2 Å². The van der Waals surface area contributed by atoms with Crippen LogP contribution in [0.4, 0.5) is 4.39 Å². The number of halogens is 1. The number of nitrogens with zero attached hydrogens (tertiary/aromatic N) is 1. The molecule has 6 nitrogen and oxygen atoms in total. The molecule has 122 valence electrons. The smallest absolute Gasteiger partial charge is 0.243 e. The number of hydrogen-bond acceptors (Lipinski definition) is 5. The minimum absolute atomic E-state index is 0.0285. The maximum atomic E-state index is 12.4. The Bertz CT molecular complexity index is 625. The van der Waals surface area contributed by atoms with Gasteiger partial charge in [0, 0.05) is 32.3 Å². The van der Waals surface area contributed by atoms with Gasteiger partial charge in [-0.05, 0) is 24.3 Å². The summed E-state index contributed by atoms with van der Waals surface area (Å²) in [5.41, 5.74) is 5.65. The minimum atomic E-state index is -3.50. The van der Waals surface area contributed by atoms with Gasteiger partial charge in [0.2, 0.25) is 10.0 Å². The average molecular weight is 330 g/mol. The van der Waals surface area contributed by atoms with Crippen molar-refractivity contribution in [3.63, 3.8) is 0 Å². The highest BCUT2D eigenvalue weighted by Crippen LogP contribution is 2.24. The summed E-state index contributed by atoms with van der Waals surface area (Å²) in [5.74, 6) is 0.449. The molecule has 0 amide bonds. The fourth-order valence-corrected chi connectivity index (χ4v) is 3.42. The van der Waals surface area contributed by atoms with Crippen molar-refractivity contribution in [3.05, 3.63) is 36.2 Å². The summed E-state index contributed by atoms with van der Waals surface area (Å²) >= 11 is 0. The van der Waals surface area contributed by atoms with Crippen LogP contribution >= 0.6 is 0 Å². The van der Waals surface area contributed by atoms with Crippen LogP contribution in [0.25, 0.3) is 0 Å². The number of hydrogen-bond donors (Lipinski definition) is 1. The Hall–Kier alpha value is -1.48. The van der Waals surface area contributed by atoms with E-state index >= 15 is 0 Å². The number of rotatable bonds is 7. The van der Waals surface area contributed by atoms with E-state index in [1.165, 1.54) is 28.6 Å². The van der Waals surface area contributed by atoms with Crippen molar-refractivity contribution in [3.8, 4) is 5.75 Å². The Morgan fingerprint density at radius 3 is 2.55 bits per heavy atom. The normalized spacial score (nSPS) is 17.3. The summed E-state index contributed by atoms with van der Waals surface area (Å²) in [7, 11) is -1.94. The molecule has 0 aromatic heterocycles. The van der Waals surface area contributed by atoms with Crippen LogP contribution in [0.1, 0.15) is 0 Å². The molecule has 0 unspecified atom stereocenters. The van der Waals surface area contributed by atoms with E-state index in [9.17, 15) is 12.8 Å². The molecule has 1 aliphatic heterocycles. The molecule has 8 heteroatoms. The summed E-state index contributed by atoms with van der Waals surface area (Å²) in [6, 6.07) is 6.00. The van der Waals surface area contributed by atoms with Crippen molar-refractivity contribution in [2.45, 2.75) is 11.0 Å². The second kappa shape index (κ2) is 7.19. The standard InChI is InChI=1S/C14H19FN2O4S/c1-20-13-8-17(9-13)22(18,19)14-4-2-12(3-5-14)21-10-11(6-15)7-16/h2-6,13H,7-10,16H2,1H3/b11-6+. The molecule has 2 N–H and O–H groups in total. The predicted molar refractivity (Wildman–Crippen MR) is 79.7 cm³/mol. The lowest BCUT2D eigenvalue weighted by molar-refractivity contribution is 0.0125. The Balaban J connectivity index is 2.00. The monoisotopic (exact) mass is 330 g/mol. The largest absolute Gasteiger partial charge is 0.489 e. The molecular weight excluding hydrogens is 311 g/mol. The summed E-state index contributed by atoms with van der Waals surface area (Å²) in [6.07, 6.45) is 0.370. The molecule has 1 heterocycles. The van der Waals surface area contributed by atoms with Crippen LogP contribution in [0.3, 0.4) is 0 Å². The lowest BCUT2D eigenvalue weighted by atomic mass is 10.2. The van der Waals surface area contributed by atoms with Crippen LogP contribution in [-0.4, -0.2) is 52.2 Å². The Kier molecular flexibility index (Phi) is 5.52.